The molecule has 0 aliphatic carbocycles. The van der Waals surface area contributed by atoms with Gasteiger partial charge in [-0.05, 0) is 38.1 Å². The van der Waals surface area contributed by atoms with Crippen molar-refractivity contribution in [3.63, 3.8) is 0 Å². The fourth-order valence-electron chi connectivity index (χ4n) is 0.726. The molecule has 0 fully saturated rings. The summed E-state index contributed by atoms with van der Waals surface area (Å²) in [5, 5.41) is 0. The van der Waals surface area contributed by atoms with Crippen molar-refractivity contribution in [2.75, 3.05) is 0 Å². The maximum Gasteiger partial charge on any atom is 0.145 e. The summed E-state index contributed by atoms with van der Waals surface area (Å²) in [5.74, 6) is 0. The summed E-state index contributed by atoms with van der Waals surface area (Å²) in [5.41, 5.74) is 0. The Bertz CT molecular complexity index is 233. The molecule has 0 atom stereocenters. The first kappa shape index (κ1) is 17.4. The lowest BCUT2D eigenvalue weighted by Gasteiger charge is -1.76. The van der Waals surface area contributed by atoms with Gasteiger partial charge in [0.05, 0.1) is 0 Å². The molecule has 0 unspecified atom stereocenters. The Labute approximate surface area is 107 Å². The van der Waals surface area contributed by atoms with Crippen LogP contribution in [0.15, 0.2) is 59.5 Å². The summed E-state index contributed by atoms with van der Waals surface area (Å²) in [4.78, 5) is 1.15. The topological polar surface area (TPSA) is 0 Å². The first-order valence-electron chi connectivity index (χ1n) is 5.85. The molecule has 16 heavy (non-hydrogen) atoms. The van der Waals surface area contributed by atoms with E-state index in [-0.39, 0.29) is 0 Å². The molecule has 0 bridgehead atoms. The van der Waals surface area contributed by atoms with Gasteiger partial charge in [-0.3, -0.25) is 0 Å². The van der Waals surface area contributed by atoms with Crippen LogP contribution in [0.3, 0.4) is 0 Å². The van der Waals surface area contributed by atoms with Crippen LogP contribution in [0, 0.1) is 0 Å². The largest absolute Gasteiger partial charge is 0.145 e. The van der Waals surface area contributed by atoms with E-state index in [0.717, 1.165) is 11.3 Å². The fourth-order valence-corrected chi connectivity index (χ4v) is 0.844. The minimum Gasteiger partial charge on any atom is -0.0799 e. The van der Waals surface area contributed by atoms with Crippen molar-refractivity contribution >= 4 is 12.6 Å². The van der Waals surface area contributed by atoms with E-state index >= 15 is 0 Å². The van der Waals surface area contributed by atoms with Crippen LogP contribution in [0.5, 0.6) is 0 Å². The van der Waals surface area contributed by atoms with Gasteiger partial charge in [0.1, 0.15) is 4.91 Å². The number of hydrogen-bond donors (Lipinski definition) is 0. The second kappa shape index (κ2) is 16.5. The third kappa shape index (κ3) is 15.5. The quantitative estimate of drug-likeness (QED) is 0.522. The van der Waals surface area contributed by atoms with Gasteiger partial charge in [-0.25, -0.2) is 0 Å². The molecule has 0 N–H and O–H groups in total. The van der Waals surface area contributed by atoms with Crippen molar-refractivity contribution in [3.05, 3.63) is 59.5 Å². The van der Waals surface area contributed by atoms with E-state index in [1.807, 2.05) is 63.2 Å². The van der Waals surface area contributed by atoms with Crippen LogP contribution in [-0.2, 0) is 12.6 Å². The van der Waals surface area contributed by atoms with E-state index in [1.165, 1.54) is 0 Å². The van der Waals surface area contributed by atoms with E-state index in [9.17, 15) is 0 Å². The molecule has 1 rings (SSSR count). The molecule has 0 radical (unpaired) electrons. The van der Waals surface area contributed by atoms with E-state index in [1.54, 1.807) is 0 Å². The number of rotatable bonds is 2. The number of hydrogen-bond acceptors (Lipinski definition) is 0. The Balaban J connectivity index is 0. The van der Waals surface area contributed by atoms with Gasteiger partial charge in [-0.15, -0.1) is 0 Å². The van der Waals surface area contributed by atoms with Crippen LogP contribution < -0.4 is 0 Å². The molecule has 0 aliphatic heterocycles. The molecule has 0 saturated heterocycles. The first-order valence-corrected chi connectivity index (χ1v) is 6.35. The van der Waals surface area contributed by atoms with Crippen molar-refractivity contribution in [2.45, 2.75) is 34.1 Å². The lowest BCUT2D eigenvalue weighted by molar-refractivity contribution is 1.22. The molecule has 0 nitrogen and oxygen atoms in total. The summed E-state index contributed by atoms with van der Waals surface area (Å²) in [6.45, 7) is 8.12. The van der Waals surface area contributed by atoms with E-state index < -0.39 is 0 Å². The van der Waals surface area contributed by atoms with Gasteiger partial charge >= 0.3 is 0 Å². The SMILES string of the molecule is C/C=C([SH2+])\C=C/CC.CC.c1ccccc1. The Morgan fingerprint density at radius 1 is 1.00 bits per heavy atom. The van der Waals surface area contributed by atoms with Crippen molar-refractivity contribution < 1.29 is 0 Å². The lowest BCUT2D eigenvalue weighted by Crippen LogP contribution is -1.64. The lowest BCUT2D eigenvalue weighted by atomic mass is 10.4. The maximum absolute atomic E-state index is 3.40. The predicted octanol–water partition coefficient (Wildman–Crippen LogP) is 4.58. The average molecular weight is 237 g/mol. The van der Waals surface area contributed by atoms with Crippen LogP contribution in [0.4, 0.5) is 0 Å². The van der Waals surface area contributed by atoms with Crippen LogP contribution in [0.1, 0.15) is 34.1 Å². The third-order valence-corrected chi connectivity index (χ3v) is 1.97. The summed E-state index contributed by atoms with van der Waals surface area (Å²) in [6.07, 6.45) is 7.28. The van der Waals surface area contributed by atoms with E-state index in [2.05, 4.69) is 31.7 Å². The first-order chi connectivity index (χ1) is 7.81. The van der Waals surface area contributed by atoms with Gasteiger partial charge in [0.15, 0.2) is 0 Å². The highest BCUT2D eigenvalue weighted by Crippen LogP contribution is 1.92. The molecule has 1 aromatic rings. The molecule has 0 saturated carbocycles. The minimum absolute atomic E-state index is 1.10. The predicted molar refractivity (Wildman–Crippen MR) is 81.1 cm³/mol. The molecule has 0 amide bonds. The summed E-state index contributed by atoms with van der Waals surface area (Å²) in [7, 11) is 0. The molecule has 0 heterocycles. The highest BCUT2D eigenvalue weighted by atomic mass is 32.1. The fraction of sp³-hybridized carbons (Fsp3) is 0.333. The molecule has 0 spiro atoms. The molecule has 0 aliphatic rings. The average Bonchev–Trinajstić information content (AvgIpc) is 2.41. The van der Waals surface area contributed by atoms with E-state index in [0.29, 0.717) is 0 Å². The van der Waals surface area contributed by atoms with Crippen LogP contribution in [-0.4, -0.2) is 0 Å². The highest BCUT2D eigenvalue weighted by Gasteiger charge is 1.81. The van der Waals surface area contributed by atoms with Gasteiger partial charge in [0.2, 0.25) is 0 Å². The normalized spacial score (nSPS) is 9.94. The Hall–Kier alpha value is -0.950. The molecule has 1 aromatic carbocycles. The smallest absolute Gasteiger partial charge is 0.0799 e. The molecule has 0 aromatic heterocycles. The second-order valence-corrected chi connectivity index (χ2v) is 3.29. The summed E-state index contributed by atoms with van der Waals surface area (Å²) in [6, 6.07) is 12.0. The highest BCUT2D eigenvalue weighted by molar-refractivity contribution is 7.63. The number of benzene rings is 1. The zero-order valence-electron chi connectivity index (χ0n) is 10.9. The van der Waals surface area contributed by atoms with Crippen LogP contribution in [0.25, 0.3) is 0 Å². The molecular formula is C15H25S+. The van der Waals surface area contributed by atoms with Crippen LogP contribution in [0.2, 0.25) is 0 Å². The maximum atomic E-state index is 3.40. The Morgan fingerprint density at radius 3 is 1.62 bits per heavy atom. The van der Waals surface area contributed by atoms with E-state index in [4.69, 9.17) is 0 Å². The van der Waals surface area contributed by atoms with Crippen molar-refractivity contribution in [3.8, 4) is 0 Å². The number of allylic oxidation sites excluding steroid dienone is 3. The van der Waals surface area contributed by atoms with Gasteiger partial charge in [-0.2, -0.15) is 0 Å². The molecule has 90 valence electrons. The van der Waals surface area contributed by atoms with Gasteiger partial charge in [0.25, 0.3) is 0 Å². The molecular weight excluding hydrogens is 212 g/mol. The van der Waals surface area contributed by atoms with Crippen molar-refractivity contribution in [1.82, 2.24) is 0 Å². The monoisotopic (exact) mass is 237 g/mol. The minimum atomic E-state index is 1.10. The second-order valence-electron chi connectivity index (χ2n) is 2.71. The van der Waals surface area contributed by atoms with Crippen LogP contribution >= 0.6 is 0 Å². The van der Waals surface area contributed by atoms with Gasteiger partial charge in [0, 0.05) is 0 Å². The Morgan fingerprint density at radius 2 is 1.38 bits per heavy atom. The Kier molecular flexibility index (Phi) is 18.0. The standard InChI is InChI=1S/C7H12S.C6H6.C2H6/c1-3-5-6-7(8)4-2;1-2-4-6-5-3-1;1-2/h4-6,8H,3H2,1-2H3;1-6H;1-2H3/p+1/b6-5-,7-4+;;. The third-order valence-electron chi connectivity index (χ3n) is 1.51. The van der Waals surface area contributed by atoms with Gasteiger partial charge in [-0.1, -0.05) is 63.2 Å². The van der Waals surface area contributed by atoms with Gasteiger partial charge < -0.3 is 0 Å². The summed E-state index contributed by atoms with van der Waals surface area (Å²) < 4.78 is 0. The molecule has 1 heteroatoms. The van der Waals surface area contributed by atoms with Crippen molar-refractivity contribution in [1.29, 1.82) is 0 Å². The van der Waals surface area contributed by atoms with Crippen molar-refractivity contribution in [2.24, 2.45) is 0 Å². The zero-order valence-corrected chi connectivity index (χ0v) is 11.9. The summed E-state index contributed by atoms with van der Waals surface area (Å²) >= 11 is 3.40. The zero-order chi connectivity index (χ0) is 12.6.